The Balaban J connectivity index is 3.65. The molecule has 0 aliphatic carbocycles. The fourth-order valence-electron chi connectivity index (χ4n) is 5.76. The van der Waals surface area contributed by atoms with Gasteiger partial charge in [0.2, 0.25) is 0 Å². The summed E-state index contributed by atoms with van der Waals surface area (Å²) < 4.78 is 10.5. The number of unbranched alkanes of at least 4 members (excludes halogenated alkanes) is 19. The Hall–Kier alpha value is -1.44. The molecule has 0 aromatic rings. The maximum Gasteiger partial charge on any atom is 0.306 e. The molecule has 3 N–H and O–H groups in total. The van der Waals surface area contributed by atoms with Crippen molar-refractivity contribution in [2.45, 2.75) is 212 Å². The quantitative estimate of drug-likeness (QED) is 0.0350. The average molecular weight is 669 g/mol. The van der Waals surface area contributed by atoms with E-state index in [0.717, 1.165) is 57.3 Å². The number of esters is 2. The van der Waals surface area contributed by atoms with Crippen LogP contribution in [0.25, 0.3) is 0 Å². The molecule has 47 heavy (non-hydrogen) atoms. The van der Waals surface area contributed by atoms with Gasteiger partial charge in [-0.1, -0.05) is 155 Å². The first kappa shape index (κ1) is 45.6. The van der Waals surface area contributed by atoms with Gasteiger partial charge in [-0.25, -0.2) is 0 Å². The summed E-state index contributed by atoms with van der Waals surface area (Å²) in [5.41, 5.74) is 0. The highest BCUT2D eigenvalue weighted by atomic mass is 16.6. The number of aliphatic hydroxyl groups is 3. The molecular weight excluding hydrogens is 592 g/mol. The topological polar surface area (TPSA) is 113 Å². The summed E-state index contributed by atoms with van der Waals surface area (Å²) in [6.07, 6.45) is 30.1. The molecule has 0 rings (SSSR count). The zero-order valence-electron chi connectivity index (χ0n) is 30.9. The van der Waals surface area contributed by atoms with Gasteiger partial charge in [0.25, 0.3) is 0 Å². The van der Waals surface area contributed by atoms with Crippen molar-refractivity contribution in [3.63, 3.8) is 0 Å². The van der Waals surface area contributed by atoms with Crippen LogP contribution < -0.4 is 0 Å². The second kappa shape index (κ2) is 34.4. The molecule has 0 fully saturated rings. The fourth-order valence-corrected chi connectivity index (χ4v) is 5.76. The predicted molar refractivity (Wildman–Crippen MR) is 194 cm³/mol. The highest BCUT2D eigenvalue weighted by molar-refractivity contribution is 5.70. The van der Waals surface area contributed by atoms with E-state index in [1.54, 1.807) is 0 Å². The maximum atomic E-state index is 12.2. The van der Waals surface area contributed by atoms with Crippen LogP contribution in [0.4, 0.5) is 0 Å². The van der Waals surface area contributed by atoms with Crippen molar-refractivity contribution in [2.75, 3.05) is 13.2 Å². The third kappa shape index (κ3) is 32.9. The van der Waals surface area contributed by atoms with Crippen molar-refractivity contribution in [3.8, 4) is 0 Å². The number of hydrogen-bond donors (Lipinski definition) is 3. The molecule has 0 amide bonds. The van der Waals surface area contributed by atoms with Crippen LogP contribution in [0.15, 0.2) is 12.2 Å². The van der Waals surface area contributed by atoms with Crippen molar-refractivity contribution in [1.82, 2.24) is 0 Å². The molecule has 7 heteroatoms. The molecule has 3 atom stereocenters. The molecule has 0 bridgehead atoms. The monoisotopic (exact) mass is 669 g/mol. The summed E-state index contributed by atoms with van der Waals surface area (Å²) in [5.74, 6) is 0.140. The molecule has 0 unspecified atom stereocenters. The molecule has 7 nitrogen and oxygen atoms in total. The minimum atomic E-state index is -0.815. The number of aliphatic hydroxyl groups excluding tert-OH is 3. The van der Waals surface area contributed by atoms with E-state index in [-0.39, 0.29) is 31.6 Å². The molecule has 0 aliphatic rings. The zero-order chi connectivity index (χ0) is 34.8. The zero-order valence-corrected chi connectivity index (χ0v) is 30.9. The van der Waals surface area contributed by atoms with Gasteiger partial charge in [-0.15, -0.1) is 0 Å². The second-order valence-electron chi connectivity index (χ2n) is 14.2. The molecule has 0 saturated heterocycles. The van der Waals surface area contributed by atoms with E-state index in [4.69, 9.17) is 9.47 Å². The van der Waals surface area contributed by atoms with E-state index in [1.165, 1.54) is 89.9 Å². The first-order valence-electron chi connectivity index (χ1n) is 19.8. The standard InChI is InChI=1S/C40H76O7/c1-4-5-6-7-19-24-29-37(42)38(43)30-25-20-17-22-26-31-39(44)46-34-36(33-41)47-40(45)32-27-21-16-14-12-10-8-9-11-13-15-18-23-28-35(2)3/h19,24,35-38,41-43H,4-18,20-23,25-34H2,1-3H3/b24-19-/t36-,37+,38+/m0/s1. The lowest BCUT2D eigenvalue weighted by atomic mass is 10.0. The molecule has 0 saturated carbocycles. The van der Waals surface area contributed by atoms with Gasteiger partial charge in [-0.05, 0) is 44.4 Å². The van der Waals surface area contributed by atoms with Crippen molar-refractivity contribution < 1.29 is 34.4 Å². The van der Waals surface area contributed by atoms with E-state index in [2.05, 4.69) is 26.8 Å². The van der Waals surface area contributed by atoms with Gasteiger partial charge in [0, 0.05) is 12.8 Å². The normalized spacial score (nSPS) is 13.7. The lowest BCUT2D eigenvalue weighted by Crippen LogP contribution is -2.28. The summed E-state index contributed by atoms with van der Waals surface area (Å²) in [5, 5.41) is 29.8. The van der Waals surface area contributed by atoms with Crippen LogP contribution >= 0.6 is 0 Å². The number of carbonyl (C=O) groups excluding carboxylic acids is 2. The molecule has 0 aromatic heterocycles. The summed E-state index contributed by atoms with van der Waals surface area (Å²) in [4.78, 5) is 24.3. The van der Waals surface area contributed by atoms with Gasteiger partial charge in [-0.2, -0.15) is 0 Å². The van der Waals surface area contributed by atoms with Gasteiger partial charge in [-0.3, -0.25) is 9.59 Å². The Labute approximate surface area is 289 Å². The fraction of sp³-hybridized carbons (Fsp3) is 0.900. The third-order valence-corrected chi connectivity index (χ3v) is 8.94. The molecular formula is C40H76O7. The average Bonchev–Trinajstić information content (AvgIpc) is 3.05. The van der Waals surface area contributed by atoms with Gasteiger partial charge < -0.3 is 24.8 Å². The van der Waals surface area contributed by atoms with E-state index < -0.39 is 18.3 Å². The first-order valence-corrected chi connectivity index (χ1v) is 19.8. The molecule has 0 aromatic carbocycles. The Morgan fingerprint density at radius 3 is 1.60 bits per heavy atom. The highest BCUT2D eigenvalue weighted by Gasteiger charge is 2.16. The van der Waals surface area contributed by atoms with Gasteiger partial charge in [0.05, 0.1) is 18.8 Å². The summed E-state index contributed by atoms with van der Waals surface area (Å²) in [7, 11) is 0. The smallest absolute Gasteiger partial charge is 0.306 e. The Kier molecular flexibility index (Phi) is 33.4. The van der Waals surface area contributed by atoms with Crippen molar-refractivity contribution in [3.05, 3.63) is 12.2 Å². The molecule has 0 radical (unpaired) electrons. The first-order chi connectivity index (χ1) is 22.8. The van der Waals surface area contributed by atoms with Gasteiger partial charge in [0.15, 0.2) is 6.10 Å². The van der Waals surface area contributed by atoms with Crippen molar-refractivity contribution in [1.29, 1.82) is 0 Å². The van der Waals surface area contributed by atoms with Crippen LogP contribution in [0.2, 0.25) is 0 Å². The highest BCUT2D eigenvalue weighted by Crippen LogP contribution is 2.16. The largest absolute Gasteiger partial charge is 0.462 e. The van der Waals surface area contributed by atoms with E-state index >= 15 is 0 Å². The minimum Gasteiger partial charge on any atom is -0.462 e. The number of rotatable bonds is 35. The number of ether oxygens (including phenoxy) is 2. The third-order valence-electron chi connectivity index (χ3n) is 8.94. The number of carbonyl (C=O) groups is 2. The Bertz CT molecular complexity index is 723. The second-order valence-corrected chi connectivity index (χ2v) is 14.2. The van der Waals surface area contributed by atoms with Crippen LogP contribution in [0.5, 0.6) is 0 Å². The van der Waals surface area contributed by atoms with E-state index in [0.29, 0.717) is 25.7 Å². The van der Waals surface area contributed by atoms with Crippen LogP contribution in [0.3, 0.4) is 0 Å². The molecule has 278 valence electrons. The van der Waals surface area contributed by atoms with Crippen LogP contribution in [-0.2, 0) is 19.1 Å². The number of hydrogen-bond acceptors (Lipinski definition) is 7. The van der Waals surface area contributed by atoms with Gasteiger partial charge >= 0.3 is 11.9 Å². The Morgan fingerprint density at radius 1 is 0.596 bits per heavy atom. The molecule has 0 heterocycles. The van der Waals surface area contributed by atoms with E-state index in [9.17, 15) is 24.9 Å². The van der Waals surface area contributed by atoms with Crippen molar-refractivity contribution in [2.24, 2.45) is 5.92 Å². The molecule has 0 spiro atoms. The number of allylic oxidation sites excluding steroid dienone is 1. The summed E-state index contributed by atoms with van der Waals surface area (Å²) in [6.45, 7) is 6.30. The SMILES string of the molecule is CCCCC/C=C\C[C@@H](O)[C@H](O)CCCCCCCC(=O)OC[C@H](CO)OC(=O)CCCCCCCCCCCCCCCC(C)C. The van der Waals surface area contributed by atoms with Crippen LogP contribution in [0, 0.1) is 5.92 Å². The summed E-state index contributed by atoms with van der Waals surface area (Å²) in [6, 6.07) is 0. The van der Waals surface area contributed by atoms with Crippen LogP contribution in [0.1, 0.15) is 194 Å². The predicted octanol–water partition coefficient (Wildman–Crippen LogP) is 9.92. The minimum absolute atomic E-state index is 0.118. The van der Waals surface area contributed by atoms with Crippen molar-refractivity contribution >= 4 is 11.9 Å². The van der Waals surface area contributed by atoms with Gasteiger partial charge in [0.1, 0.15) is 6.61 Å². The summed E-state index contributed by atoms with van der Waals surface area (Å²) >= 11 is 0. The molecule has 0 aliphatic heterocycles. The lowest BCUT2D eigenvalue weighted by Gasteiger charge is -2.16. The van der Waals surface area contributed by atoms with Crippen LogP contribution in [-0.4, -0.2) is 58.8 Å². The van der Waals surface area contributed by atoms with E-state index in [1.807, 2.05) is 6.08 Å². The lowest BCUT2D eigenvalue weighted by molar-refractivity contribution is -0.161. The Morgan fingerprint density at radius 2 is 1.09 bits per heavy atom. The maximum absolute atomic E-state index is 12.2.